The topological polar surface area (TPSA) is 70.7 Å². The van der Waals surface area contributed by atoms with Crippen LogP contribution in [0.4, 0.5) is 5.95 Å². The summed E-state index contributed by atoms with van der Waals surface area (Å²) in [4.78, 5) is 23.7. The number of aromatic amines is 1. The van der Waals surface area contributed by atoms with E-state index in [9.17, 15) is 4.79 Å². The van der Waals surface area contributed by atoms with Crippen molar-refractivity contribution in [2.75, 3.05) is 5.32 Å². The molecule has 2 aromatic heterocycles. The molecule has 1 aromatic carbocycles. The zero-order valence-electron chi connectivity index (χ0n) is 12.5. The molecule has 0 radical (unpaired) electrons. The Morgan fingerprint density at radius 1 is 1.35 bits per heavy atom. The molecule has 2 N–H and O–H groups in total. The van der Waals surface area contributed by atoms with E-state index in [1.54, 1.807) is 18.3 Å². The lowest BCUT2D eigenvalue weighted by Gasteiger charge is -2.14. The van der Waals surface area contributed by atoms with Crippen LogP contribution in [0.1, 0.15) is 24.2 Å². The van der Waals surface area contributed by atoms with Gasteiger partial charge in [0.1, 0.15) is 0 Å². The largest absolute Gasteiger partial charge is 0.347 e. The minimum atomic E-state index is -0.247. The second kappa shape index (κ2) is 6.29. The number of pyridine rings is 1. The number of halogens is 2. The second-order valence-corrected chi connectivity index (χ2v) is 6.57. The van der Waals surface area contributed by atoms with Crippen LogP contribution in [0.15, 0.2) is 39.7 Å². The van der Waals surface area contributed by atoms with Crippen LogP contribution in [0.3, 0.4) is 0 Å². The molecule has 1 atom stereocenters. The van der Waals surface area contributed by atoms with Crippen molar-refractivity contribution >= 4 is 44.4 Å². The van der Waals surface area contributed by atoms with Gasteiger partial charge in [-0.2, -0.15) is 0 Å². The summed E-state index contributed by atoms with van der Waals surface area (Å²) in [6.07, 6.45) is 1.68. The second-order valence-electron chi connectivity index (χ2n) is 5.28. The van der Waals surface area contributed by atoms with Crippen molar-refractivity contribution in [1.82, 2.24) is 15.0 Å². The Morgan fingerprint density at radius 3 is 2.87 bits per heavy atom. The third-order valence-electron chi connectivity index (χ3n) is 3.57. The Kier molecular flexibility index (Phi) is 4.37. The van der Waals surface area contributed by atoms with E-state index in [0.29, 0.717) is 16.5 Å². The molecule has 0 saturated heterocycles. The lowest BCUT2D eigenvalue weighted by atomic mass is 10.1. The standard InChI is InChI=1S/C16H14BrClN4O/c1-8(20-16-19-7-13(17)9(2)21-16)12-6-10-5-11(18)3-4-14(10)22-15(12)23/h3-8H,1-2H3,(H,22,23)(H,19,20,21)/t8-/m0/s1. The van der Waals surface area contributed by atoms with Crippen LogP contribution in [0.25, 0.3) is 10.9 Å². The van der Waals surface area contributed by atoms with Gasteiger partial charge < -0.3 is 10.3 Å². The molecule has 0 fully saturated rings. The van der Waals surface area contributed by atoms with E-state index < -0.39 is 0 Å². The molecule has 0 aliphatic carbocycles. The van der Waals surface area contributed by atoms with E-state index in [1.165, 1.54) is 0 Å². The molecule has 0 amide bonds. The van der Waals surface area contributed by atoms with E-state index >= 15 is 0 Å². The number of rotatable bonds is 3. The summed E-state index contributed by atoms with van der Waals surface area (Å²) in [7, 11) is 0. The third kappa shape index (κ3) is 3.38. The van der Waals surface area contributed by atoms with Crippen molar-refractivity contribution in [3.63, 3.8) is 0 Å². The molecule has 3 rings (SSSR count). The minimum Gasteiger partial charge on any atom is -0.347 e. The Morgan fingerprint density at radius 2 is 2.13 bits per heavy atom. The molecular weight excluding hydrogens is 380 g/mol. The first kappa shape index (κ1) is 16.0. The third-order valence-corrected chi connectivity index (χ3v) is 4.58. The van der Waals surface area contributed by atoms with Crippen molar-refractivity contribution in [3.8, 4) is 0 Å². The molecule has 0 aliphatic rings. The normalized spacial score (nSPS) is 12.3. The summed E-state index contributed by atoms with van der Waals surface area (Å²) in [6.45, 7) is 3.77. The molecule has 7 heteroatoms. The Labute approximate surface area is 146 Å². The first-order valence-corrected chi connectivity index (χ1v) is 8.19. The zero-order valence-corrected chi connectivity index (χ0v) is 14.9. The van der Waals surface area contributed by atoms with Gasteiger partial charge in [0.2, 0.25) is 5.95 Å². The van der Waals surface area contributed by atoms with E-state index in [1.807, 2.05) is 26.0 Å². The van der Waals surface area contributed by atoms with E-state index in [-0.39, 0.29) is 11.6 Å². The Hall–Kier alpha value is -1.92. The van der Waals surface area contributed by atoms with Crippen LogP contribution in [-0.4, -0.2) is 15.0 Å². The van der Waals surface area contributed by atoms with Gasteiger partial charge in [-0.1, -0.05) is 11.6 Å². The predicted molar refractivity (Wildman–Crippen MR) is 96.1 cm³/mol. The molecule has 118 valence electrons. The summed E-state index contributed by atoms with van der Waals surface area (Å²) in [6, 6.07) is 6.96. The Balaban J connectivity index is 1.96. The fourth-order valence-electron chi connectivity index (χ4n) is 2.31. The van der Waals surface area contributed by atoms with Crippen LogP contribution in [0.5, 0.6) is 0 Å². The number of hydrogen-bond donors (Lipinski definition) is 2. The van der Waals surface area contributed by atoms with Crippen molar-refractivity contribution in [3.05, 3.63) is 61.6 Å². The number of nitrogens with zero attached hydrogens (tertiary/aromatic N) is 2. The molecule has 2 heterocycles. The first-order chi connectivity index (χ1) is 10.9. The molecule has 5 nitrogen and oxygen atoms in total. The van der Waals surface area contributed by atoms with Gasteiger partial charge in [-0.05, 0) is 54.0 Å². The van der Waals surface area contributed by atoms with E-state index in [2.05, 4.69) is 36.2 Å². The summed E-state index contributed by atoms with van der Waals surface area (Å²) in [5.74, 6) is 0.476. The van der Waals surface area contributed by atoms with Gasteiger partial charge in [0, 0.05) is 27.7 Å². The summed E-state index contributed by atoms with van der Waals surface area (Å²) in [5, 5.41) is 4.66. The van der Waals surface area contributed by atoms with Crippen molar-refractivity contribution in [2.45, 2.75) is 19.9 Å². The average Bonchev–Trinajstić information content (AvgIpc) is 2.50. The maximum Gasteiger partial charge on any atom is 0.253 e. The monoisotopic (exact) mass is 392 g/mol. The molecule has 0 bridgehead atoms. The van der Waals surface area contributed by atoms with E-state index in [0.717, 1.165) is 21.1 Å². The van der Waals surface area contributed by atoms with Crippen molar-refractivity contribution < 1.29 is 0 Å². The molecule has 0 saturated carbocycles. The maximum absolute atomic E-state index is 12.3. The number of hydrogen-bond acceptors (Lipinski definition) is 4. The molecule has 23 heavy (non-hydrogen) atoms. The van der Waals surface area contributed by atoms with Gasteiger partial charge in [-0.3, -0.25) is 4.79 Å². The highest BCUT2D eigenvalue weighted by atomic mass is 79.9. The fraction of sp³-hybridized carbons (Fsp3) is 0.188. The van der Waals surface area contributed by atoms with Gasteiger partial charge in [-0.25, -0.2) is 9.97 Å². The Bertz CT molecular complexity index is 941. The number of fused-ring (bicyclic) bond motifs is 1. The number of aryl methyl sites for hydroxylation is 1. The van der Waals surface area contributed by atoms with Gasteiger partial charge in [0.05, 0.1) is 16.2 Å². The van der Waals surface area contributed by atoms with Crippen molar-refractivity contribution in [1.29, 1.82) is 0 Å². The molecule has 0 spiro atoms. The van der Waals surface area contributed by atoms with Gasteiger partial charge in [0.25, 0.3) is 5.56 Å². The van der Waals surface area contributed by atoms with Gasteiger partial charge in [0.15, 0.2) is 0 Å². The quantitative estimate of drug-likeness (QED) is 0.699. The summed E-state index contributed by atoms with van der Waals surface area (Å²) < 4.78 is 0.842. The van der Waals surface area contributed by atoms with Crippen LogP contribution in [0, 0.1) is 6.92 Å². The first-order valence-electron chi connectivity index (χ1n) is 7.02. The van der Waals surface area contributed by atoms with Crippen LogP contribution in [-0.2, 0) is 0 Å². The summed E-state index contributed by atoms with van der Waals surface area (Å²) >= 11 is 9.39. The maximum atomic E-state index is 12.3. The number of nitrogens with one attached hydrogen (secondary N) is 2. The highest BCUT2D eigenvalue weighted by molar-refractivity contribution is 9.10. The highest BCUT2D eigenvalue weighted by Gasteiger charge is 2.13. The molecular formula is C16H14BrClN4O. The summed E-state index contributed by atoms with van der Waals surface area (Å²) in [5.41, 5.74) is 2.04. The SMILES string of the molecule is Cc1nc(N[C@@H](C)c2cc3cc(Cl)ccc3[nH]c2=O)ncc1Br. The number of H-pyrrole nitrogens is 1. The average molecular weight is 394 g/mol. The highest BCUT2D eigenvalue weighted by Crippen LogP contribution is 2.21. The van der Waals surface area contributed by atoms with Gasteiger partial charge in [-0.15, -0.1) is 0 Å². The number of benzene rings is 1. The lowest BCUT2D eigenvalue weighted by molar-refractivity contribution is 0.841. The molecule has 0 aliphatic heterocycles. The zero-order chi connectivity index (χ0) is 16.6. The van der Waals surface area contributed by atoms with Crippen LogP contribution in [0.2, 0.25) is 5.02 Å². The molecule has 0 unspecified atom stereocenters. The number of anilines is 1. The van der Waals surface area contributed by atoms with Crippen molar-refractivity contribution in [2.24, 2.45) is 0 Å². The van der Waals surface area contributed by atoms with E-state index in [4.69, 9.17) is 11.6 Å². The smallest absolute Gasteiger partial charge is 0.253 e. The minimum absolute atomic E-state index is 0.145. The van der Waals surface area contributed by atoms with Crippen LogP contribution < -0.4 is 10.9 Å². The van der Waals surface area contributed by atoms with Crippen LogP contribution >= 0.6 is 27.5 Å². The molecule has 3 aromatic rings. The predicted octanol–water partition coefficient (Wildman–Crippen LogP) is 4.22. The fourth-order valence-corrected chi connectivity index (χ4v) is 2.68. The van der Waals surface area contributed by atoms with Gasteiger partial charge >= 0.3 is 0 Å². The number of aromatic nitrogens is 3. The lowest BCUT2D eigenvalue weighted by Crippen LogP contribution is -2.20.